The first-order chi connectivity index (χ1) is 11.7. The maximum atomic E-state index is 5.72. The topological polar surface area (TPSA) is 34.1 Å². The number of para-hydroxylation sites is 1. The van der Waals surface area contributed by atoms with Crippen molar-refractivity contribution in [3.63, 3.8) is 0 Å². The quantitative estimate of drug-likeness (QED) is 0.681. The normalized spacial score (nSPS) is 13.3. The van der Waals surface area contributed by atoms with Crippen LogP contribution in [0.1, 0.15) is 25.1 Å². The Bertz CT molecular complexity index is 875. The Hall–Kier alpha value is -2.20. The van der Waals surface area contributed by atoms with Gasteiger partial charge in [0.25, 0.3) is 0 Å². The highest BCUT2D eigenvalue weighted by Gasteiger charge is 2.20. The lowest BCUT2D eigenvalue weighted by Crippen LogP contribution is -2.05. The van der Waals surface area contributed by atoms with Crippen molar-refractivity contribution in [3.05, 3.63) is 59.8 Å². The van der Waals surface area contributed by atoms with E-state index in [1.54, 1.807) is 0 Å². The Morgan fingerprint density at radius 2 is 1.83 bits per heavy atom. The maximum absolute atomic E-state index is 5.72. The molecule has 0 aliphatic carbocycles. The summed E-state index contributed by atoms with van der Waals surface area (Å²) in [5.41, 5.74) is 5.86. The van der Waals surface area contributed by atoms with Crippen LogP contribution in [-0.2, 0) is 11.5 Å². The largest absolute Gasteiger partial charge is 0.491 e. The number of benzene rings is 2. The number of anilines is 2. The maximum Gasteiger partial charge on any atom is 0.119 e. The second kappa shape index (κ2) is 6.36. The van der Waals surface area contributed by atoms with Gasteiger partial charge in [0.05, 0.1) is 23.0 Å². The number of nitrogens with one attached hydrogen (secondary N) is 1. The molecular weight excluding hydrogens is 316 g/mol. The summed E-state index contributed by atoms with van der Waals surface area (Å²) in [5, 5.41) is 4.80. The summed E-state index contributed by atoms with van der Waals surface area (Å²) in [5.74, 6) is 2.91. The average molecular weight is 336 g/mol. The van der Waals surface area contributed by atoms with Crippen molar-refractivity contribution < 1.29 is 4.74 Å². The zero-order chi connectivity index (χ0) is 16.5. The summed E-state index contributed by atoms with van der Waals surface area (Å²) in [6.45, 7) is 4.08. The van der Waals surface area contributed by atoms with Crippen molar-refractivity contribution in [1.82, 2.24) is 4.98 Å². The van der Waals surface area contributed by atoms with Crippen LogP contribution in [0.4, 0.5) is 11.4 Å². The molecule has 0 saturated carbocycles. The lowest BCUT2D eigenvalue weighted by atomic mass is 10.1. The molecule has 0 atom stereocenters. The van der Waals surface area contributed by atoms with Crippen LogP contribution in [0.15, 0.2) is 48.5 Å². The highest BCUT2D eigenvalue weighted by Crippen LogP contribution is 2.39. The molecule has 0 bridgehead atoms. The first-order valence-corrected chi connectivity index (χ1v) is 9.38. The molecule has 0 saturated heterocycles. The van der Waals surface area contributed by atoms with Gasteiger partial charge in [0.15, 0.2) is 0 Å². The molecule has 0 unspecified atom stereocenters. The summed E-state index contributed by atoms with van der Waals surface area (Å²) in [4.78, 5) is 4.82. The Balaban J connectivity index is 1.72. The second-order valence-corrected chi connectivity index (χ2v) is 7.22. The van der Waals surface area contributed by atoms with Gasteiger partial charge in [-0.3, -0.25) is 4.98 Å². The predicted molar refractivity (Wildman–Crippen MR) is 102 cm³/mol. The van der Waals surface area contributed by atoms with Gasteiger partial charge in [-0.05, 0) is 44.2 Å². The van der Waals surface area contributed by atoms with E-state index in [2.05, 4.69) is 35.6 Å². The number of hydrogen-bond acceptors (Lipinski definition) is 4. The molecule has 3 aromatic rings. The number of nitrogens with zero attached hydrogens (tertiary/aromatic N) is 1. The van der Waals surface area contributed by atoms with Crippen LogP contribution in [0.25, 0.3) is 10.9 Å². The van der Waals surface area contributed by atoms with E-state index in [0.29, 0.717) is 0 Å². The molecule has 1 N–H and O–H groups in total. The smallest absolute Gasteiger partial charge is 0.119 e. The summed E-state index contributed by atoms with van der Waals surface area (Å²) < 4.78 is 5.72. The molecule has 1 aromatic heterocycles. The highest BCUT2D eigenvalue weighted by molar-refractivity contribution is 7.98. The minimum Gasteiger partial charge on any atom is -0.491 e. The lowest BCUT2D eigenvalue weighted by Gasteiger charge is -2.15. The van der Waals surface area contributed by atoms with Crippen LogP contribution in [0.5, 0.6) is 5.75 Å². The SMILES string of the molecule is CC(C)Oc1ccc(Nc2c3c(nc4ccccc24)CSC3)cc1. The van der Waals surface area contributed by atoms with Crippen LogP contribution in [0.2, 0.25) is 0 Å². The van der Waals surface area contributed by atoms with Crippen LogP contribution >= 0.6 is 11.8 Å². The Morgan fingerprint density at radius 3 is 2.62 bits per heavy atom. The minimum atomic E-state index is 0.188. The molecule has 3 nitrogen and oxygen atoms in total. The number of fused-ring (bicyclic) bond motifs is 2. The number of hydrogen-bond donors (Lipinski definition) is 1. The van der Waals surface area contributed by atoms with Crippen molar-refractivity contribution in [2.75, 3.05) is 5.32 Å². The van der Waals surface area contributed by atoms with Gasteiger partial charge in [0, 0.05) is 28.1 Å². The van der Waals surface area contributed by atoms with E-state index in [1.165, 1.54) is 22.3 Å². The molecule has 1 aliphatic rings. The molecule has 0 amide bonds. The second-order valence-electron chi connectivity index (χ2n) is 6.24. The number of ether oxygens (including phenoxy) is 1. The van der Waals surface area contributed by atoms with E-state index in [4.69, 9.17) is 9.72 Å². The van der Waals surface area contributed by atoms with E-state index in [9.17, 15) is 0 Å². The van der Waals surface area contributed by atoms with Crippen LogP contribution in [0.3, 0.4) is 0 Å². The van der Waals surface area contributed by atoms with Gasteiger partial charge < -0.3 is 10.1 Å². The molecule has 24 heavy (non-hydrogen) atoms. The monoisotopic (exact) mass is 336 g/mol. The average Bonchev–Trinajstić information content (AvgIpc) is 3.04. The zero-order valence-corrected chi connectivity index (χ0v) is 14.7. The first-order valence-electron chi connectivity index (χ1n) is 8.22. The van der Waals surface area contributed by atoms with Gasteiger partial charge in [-0.15, -0.1) is 0 Å². The zero-order valence-electron chi connectivity index (χ0n) is 13.9. The predicted octanol–water partition coefficient (Wildman–Crippen LogP) is 5.51. The van der Waals surface area contributed by atoms with Crippen molar-refractivity contribution in [1.29, 1.82) is 0 Å². The third-order valence-corrected chi connectivity index (χ3v) is 5.03. The van der Waals surface area contributed by atoms with Crippen molar-refractivity contribution in [2.24, 2.45) is 0 Å². The van der Waals surface area contributed by atoms with Crippen LogP contribution in [0, 0.1) is 0 Å². The fourth-order valence-corrected chi connectivity index (χ4v) is 4.05. The first kappa shape index (κ1) is 15.3. The lowest BCUT2D eigenvalue weighted by molar-refractivity contribution is 0.242. The van der Waals surface area contributed by atoms with Crippen molar-refractivity contribution >= 4 is 34.0 Å². The minimum absolute atomic E-state index is 0.188. The Labute approximate surface area is 146 Å². The van der Waals surface area contributed by atoms with Gasteiger partial charge in [-0.1, -0.05) is 18.2 Å². The van der Waals surface area contributed by atoms with Crippen LogP contribution in [-0.4, -0.2) is 11.1 Å². The fraction of sp³-hybridized carbons (Fsp3) is 0.250. The molecule has 122 valence electrons. The summed E-state index contributed by atoms with van der Waals surface area (Å²) in [7, 11) is 0. The van der Waals surface area contributed by atoms with Gasteiger partial charge in [0.2, 0.25) is 0 Å². The summed E-state index contributed by atoms with van der Waals surface area (Å²) in [6.07, 6.45) is 0.188. The van der Waals surface area contributed by atoms with E-state index >= 15 is 0 Å². The molecule has 0 radical (unpaired) electrons. The molecule has 4 rings (SSSR count). The molecule has 2 aromatic carbocycles. The summed E-state index contributed by atoms with van der Waals surface area (Å²) >= 11 is 1.92. The standard InChI is InChI=1S/C20H20N2OS/c1-13(2)23-15-9-7-14(8-10-15)21-20-16-5-3-4-6-18(16)22-19-12-24-11-17(19)20/h3-10,13H,11-12H2,1-2H3,(H,21,22). The third-order valence-electron chi connectivity index (χ3n) is 4.06. The fourth-order valence-electron chi connectivity index (χ4n) is 3.00. The molecule has 1 aliphatic heterocycles. The van der Waals surface area contributed by atoms with Gasteiger partial charge >= 0.3 is 0 Å². The van der Waals surface area contributed by atoms with Crippen molar-refractivity contribution in [2.45, 2.75) is 31.5 Å². The van der Waals surface area contributed by atoms with E-state index < -0.39 is 0 Å². The van der Waals surface area contributed by atoms with E-state index in [-0.39, 0.29) is 6.10 Å². The van der Waals surface area contributed by atoms with Gasteiger partial charge in [-0.25, -0.2) is 0 Å². The van der Waals surface area contributed by atoms with Gasteiger partial charge in [0.1, 0.15) is 5.75 Å². The highest BCUT2D eigenvalue weighted by atomic mass is 32.2. The molecule has 4 heteroatoms. The summed E-state index contributed by atoms with van der Waals surface area (Å²) in [6, 6.07) is 16.5. The number of thioether (sulfide) groups is 1. The molecule has 0 fully saturated rings. The number of aromatic nitrogens is 1. The third kappa shape index (κ3) is 2.94. The van der Waals surface area contributed by atoms with E-state index in [1.807, 2.05) is 43.8 Å². The van der Waals surface area contributed by atoms with E-state index in [0.717, 1.165) is 28.5 Å². The Morgan fingerprint density at radius 1 is 1.04 bits per heavy atom. The molecule has 0 spiro atoms. The molecular formula is C20H20N2OS. The number of pyridine rings is 1. The van der Waals surface area contributed by atoms with Gasteiger partial charge in [-0.2, -0.15) is 11.8 Å². The Kier molecular flexibility index (Phi) is 4.07. The molecule has 2 heterocycles. The van der Waals surface area contributed by atoms with Crippen LogP contribution < -0.4 is 10.1 Å². The van der Waals surface area contributed by atoms with Crippen molar-refractivity contribution in [3.8, 4) is 5.75 Å². The number of rotatable bonds is 4.